The molecule has 1 unspecified atom stereocenters. The van der Waals surface area contributed by atoms with Crippen molar-refractivity contribution in [2.45, 2.75) is 38.0 Å². The monoisotopic (exact) mass is 236 g/mol. The molecule has 1 aliphatic rings. The van der Waals surface area contributed by atoms with Gasteiger partial charge in [-0.2, -0.15) is 0 Å². The summed E-state index contributed by atoms with van der Waals surface area (Å²) in [5, 5.41) is -0.318. The predicted molar refractivity (Wildman–Crippen MR) is 58.7 cm³/mol. The highest BCUT2D eigenvalue weighted by Crippen LogP contribution is 2.15. The van der Waals surface area contributed by atoms with Gasteiger partial charge in [0, 0.05) is 6.61 Å². The fourth-order valence-corrected chi connectivity index (χ4v) is 3.05. The van der Waals surface area contributed by atoms with Gasteiger partial charge in [0.25, 0.3) is 0 Å². The third-order valence-electron chi connectivity index (χ3n) is 2.45. The minimum Gasteiger partial charge on any atom is -0.380 e. The SMILES string of the molecule is CC(C)OCCS(=O)(=O)C1CCCOC1. The molecule has 4 nitrogen and oxygen atoms in total. The van der Waals surface area contributed by atoms with Gasteiger partial charge in [0.2, 0.25) is 0 Å². The van der Waals surface area contributed by atoms with E-state index in [9.17, 15) is 8.42 Å². The zero-order valence-corrected chi connectivity index (χ0v) is 10.3. The van der Waals surface area contributed by atoms with Crippen molar-refractivity contribution in [3.63, 3.8) is 0 Å². The maximum absolute atomic E-state index is 11.8. The van der Waals surface area contributed by atoms with E-state index in [1.807, 2.05) is 13.8 Å². The van der Waals surface area contributed by atoms with E-state index < -0.39 is 9.84 Å². The van der Waals surface area contributed by atoms with Crippen molar-refractivity contribution in [1.29, 1.82) is 0 Å². The zero-order chi connectivity index (χ0) is 11.3. The van der Waals surface area contributed by atoms with Crippen LogP contribution in [0.25, 0.3) is 0 Å². The molecule has 1 rings (SSSR count). The molecule has 0 spiro atoms. The molecule has 0 aliphatic carbocycles. The predicted octanol–water partition coefficient (Wildman–Crippen LogP) is 1.01. The largest absolute Gasteiger partial charge is 0.380 e. The van der Waals surface area contributed by atoms with E-state index in [1.54, 1.807) is 0 Å². The summed E-state index contributed by atoms with van der Waals surface area (Å²) in [5.41, 5.74) is 0. The van der Waals surface area contributed by atoms with Crippen molar-refractivity contribution in [3.05, 3.63) is 0 Å². The molecular formula is C10H20O4S. The molecule has 0 radical (unpaired) electrons. The molecule has 1 atom stereocenters. The van der Waals surface area contributed by atoms with E-state index in [0.717, 1.165) is 12.8 Å². The first-order chi connectivity index (χ1) is 7.02. The number of hydrogen-bond acceptors (Lipinski definition) is 4. The van der Waals surface area contributed by atoms with Crippen molar-refractivity contribution < 1.29 is 17.9 Å². The minimum absolute atomic E-state index is 0.0859. The maximum atomic E-state index is 11.8. The van der Waals surface area contributed by atoms with Crippen LogP contribution in [0.3, 0.4) is 0 Å². The summed E-state index contributed by atoms with van der Waals surface area (Å²) in [4.78, 5) is 0. The van der Waals surface area contributed by atoms with Crippen LogP contribution in [0.4, 0.5) is 0 Å². The van der Waals surface area contributed by atoms with Crippen LogP contribution in [0, 0.1) is 0 Å². The Labute approximate surface area is 91.9 Å². The Hall–Kier alpha value is -0.130. The molecule has 0 N–H and O–H groups in total. The lowest BCUT2D eigenvalue weighted by molar-refractivity contribution is 0.0886. The molecule has 5 heteroatoms. The Morgan fingerprint density at radius 3 is 2.73 bits per heavy atom. The van der Waals surface area contributed by atoms with Crippen LogP contribution in [-0.4, -0.2) is 45.3 Å². The minimum atomic E-state index is -3.03. The summed E-state index contributed by atoms with van der Waals surface area (Å²) in [7, 11) is -3.03. The molecule has 1 fully saturated rings. The summed E-state index contributed by atoms with van der Waals surface area (Å²) in [6, 6.07) is 0. The van der Waals surface area contributed by atoms with E-state index in [-0.39, 0.29) is 23.7 Å². The van der Waals surface area contributed by atoms with Crippen LogP contribution in [-0.2, 0) is 19.3 Å². The molecule has 1 saturated heterocycles. The number of hydrogen-bond donors (Lipinski definition) is 0. The Kier molecular flexibility index (Phi) is 5.02. The van der Waals surface area contributed by atoms with E-state index >= 15 is 0 Å². The molecule has 1 aliphatic heterocycles. The number of ether oxygens (including phenoxy) is 2. The van der Waals surface area contributed by atoms with E-state index in [1.165, 1.54) is 0 Å². The van der Waals surface area contributed by atoms with Crippen LogP contribution < -0.4 is 0 Å². The van der Waals surface area contributed by atoms with Gasteiger partial charge in [0.1, 0.15) is 0 Å². The van der Waals surface area contributed by atoms with Crippen LogP contribution in [0.15, 0.2) is 0 Å². The highest BCUT2D eigenvalue weighted by atomic mass is 32.2. The second kappa shape index (κ2) is 5.82. The van der Waals surface area contributed by atoms with Crippen LogP contribution >= 0.6 is 0 Å². The van der Waals surface area contributed by atoms with Gasteiger partial charge in [-0.25, -0.2) is 8.42 Å². The fraction of sp³-hybridized carbons (Fsp3) is 1.00. The molecule has 0 amide bonds. The van der Waals surface area contributed by atoms with E-state index in [4.69, 9.17) is 9.47 Å². The topological polar surface area (TPSA) is 52.6 Å². The van der Waals surface area contributed by atoms with Crippen LogP contribution in [0.1, 0.15) is 26.7 Å². The van der Waals surface area contributed by atoms with E-state index in [0.29, 0.717) is 13.2 Å². The molecule has 0 aromatic rings. The summed E-state index contributed by atoms with van der Waals surface area (Å²) in [5.74, 6) is 0.110. The van der Waals surface area contributed by atoms with Gasteiger partial charge in [0.05, 0.1) is 30.3 Å². The lowest BCUT2D eigenvalue weighted by atomic mass is 10.2. The normalized spacial score (nSPS) is 23.3. The molecule has 0 bridgehead atoms. The molecule has 0 aromatic carbocycles. The highest BCUT2D eigenvalue weighted by Gasteiger charge is 2.27. The second-order valence-electron chi connectivity index (χ2n) is 4.13. The highest BCUT2D eigenvalue weighted by molar-refractivity contribution is 7.92. The first-order valence-electron chi connectivity index (χ1n) is 5.43. The molecule has 1 heterocycles. The van der Waals surface area contributed by atoms with E-state index in [2.05, 4.69) is 0 Å². The van der Waals surface area contributed by atoms with Gasteiger partial charge in [0.15, 0.2) is 9.84 Å². The second-order valence-corrected chi connectivity index (χ2v) is 6.53. The third kappa shape index (κ3) is 4.49. The first kappa shape index (κ1) is 12.9. The smallest absolute Gasteiger partial charge is 0.157 e. The van der Waals surface area contributed by atoms with Gasteiger partial charge < -0.3 is 9.47 Å². The number of sulfone groups is 1. The molecule has 0 saturated carbocycles. The molecular weight excluding hydrogens is 216 g/mol. The summed E-state index contributed by atoms with van der Waals surface area (Å²) >= 11 is 0. The standard InChI is InChI=1S/C10H20O4S/c1-9(2)14-6-7-15(11,12)10-4-3-5-13-8-10/h9-10H,3-8H2,1-2H3. The van der Waals surface area contributed by atoms with Gasteiger partial charge >= 0.3 is 0 Å². The average molecular weight is 236 g/mol. The van der Waals surface area contributed by atoms with Gasteiger partial charge in [-0.15, -0.1) is 0 Å². The van der Waals surface area contributed by atoms with Crippen LogP contribution in [0.2, 0.25) is 0 Å². The van der Waals surface area contributed by atoms with Crippen molar-refractivity contribution >= 4 is 9.84 Å². The third-order valence-corrected chi connectivity index (χ3v) is 4.57. The van der Waals surface area contributed by atoms with Crippen molar-refractivity contribution in [3.8, 4) is 0 Å². The Morgan fingerprint density at radius 2 is 2.20 bits per heavy atom. The van der Waals surface area contributed by atoms with Gasteiger partial charge in [-0.3, -0.25) is 0 Å². The van der Waals surface area contributed by atoms with Gasteiger partial charge in [-0.05, 0) is 26.7 Å². The van der Waals surface area contributed by atoms with Crippen molar-refractivity contribution in [2.24, 2.45) is 0 Å². The lowest BCUT2D eigenvalue weighted by Gasteiger charge is -2.22. The lowest BCUT2D eigenvalue weighted by Crippen LogP contribution is -2.34. The zero-order valence-electron chi connectivity index (χ0n) is 9.44. The number of rotatable bonds is 5. The molecule has 0 aromatic heterocycles. The van der Waals surface area contributed by atoms with Gasteiger partial charge in [-0.1, -0.05) is 0 Å². The Balaban J connectivity index is 2.36. The fourth-order valence-electron chi connectivity index (χ4n) is 1.56. The summed E-state index contributed by atoms with van der Waals surface area (Å²) in [6.45, 7) is 5.13. The van der Waals surface area contributed by atoms with Crippen LogP contribution in [0.5, 0.6) is 0 Å². The molecule has 90 valence electrons. The average Bonchev–Trinajstić information content (AvgIpc) is 2.18. The summed E-state index contributed by atoms with van der Waals surface area (Å²) < 4.78 is 34.0. The molecule has 15 heavy (non-hydrogen) atoms. The maximum Gasteiger partial charge on any atom is 0.157 e. The summed E-state index contributed by atoms with van der Waals surface area (Å²) in [6.07, 6.45) is 1.65. The Morgan fingerprint density at radius 1 is 1.47 bits per heavy atom. The Bertz CT molecular complexity index is 265. The van der Waals surface area contributed by atoms with Crippen molar-refractivity contribution in [1.82, 2.24) is 0 Å². The van der Waals surface area contributed by atoms with Crippen molar-refractivity contribution in [2.75, 3.05) is 25.6 Å². The quantitative estimate of drug-likeness (QED) is 0.714. The first-order valence-corrected chi connectivity index (χ1v) is 7.15.